The van der Waals surface area contributed by atoms with Crippen molar-refractivity contribution >= 4 is 22.5 Å². The summed E-state index contributed by atoms with van der Waals surface area (Å²) in [6.07, 6.45) is 0.777. The van der Waals surface area contributed by atoms with E-state index in [0.717, 1.165) is 0 Å². The van der Waals surface area contributed by atoms with Crippen molar-refractivity contribution in [3.05, 3.63) is 58.0 Å². The predicted octanol–water partition coefficient (Wildman–Crippen LogP) is 2.87. The first-order chi connectivity index (χ1) is 16.1. The van der Waals surface area contributed by atoms with Crippen LogP contribution in [0.1, 0.15) is 50.7 Å². The summed E-state index contributed by atoms with van der Waals surface area (Å²) in [6.45, 7) is 5.66. The normalized spacial score (nSPS) is 21.7. The molecule has 0 amide bonds. The van der Waals surface area contributed by atoms with Crippen LogP contribution in [0, 0.1) is 15.5 Å². The summed E-state index contributed by atoms with van der Waals surface area (Å²) in [5.74, 6) is 0.262. The van der Waals surface area contributed by atoms with Crippen molar-refractivity contribution in [3.8, 4) is 0 Å². The Morgan fingerprint density at radius 2 is 2.09 bits per heavy atom. The van der Waals surface area contributed by atoms with Crippen molar-refractivity contribution in [1.82, 2.24) is 14.5 Å². The first-order valence-electron chi connectivity index (χ1n) is 11.0. The van der Waals surface area contributed by atoms with Crippen molar-refractivity contribution in [2.75, 3.05) is 12.3 Å². The Balaban J connectivity index is 1.70. The zero-order chi connectivity index (χ0) is 24.6. The van der Waals surface area contributed by atoms with Crippen LogP contribution in [0.4, 0.5) is 11.5 Å². The van der Waals surface area contributed by atoms with Gasteiger partial charge in [0.2, 0.25) is 0 Å². The fourth-order valence-electron chi connectivity index (χ4n) is 4.42. The molecule has 11 nitrogen and oxygen atoms in total. The van der Waals surface area contributed by atoms with Crippen LogP contribution >= 0.6 is 0 Å². The fraction of sp³-hybridized carbons (Fsp3) is 0.478. The second-order valence-electron chi connectivity index (χ2n) is 9.51. The molecule has 3 heterocycles. The van der Waals surface area contributed by atoms with Gasteiger partial charge in [0.1, 0.15) is 30.1 Å². The third-order valence-corrected chi connectivity index (χ3v) is 6.02. The number of aromatic nitrogens is 3. The van der Waals surface area contributed by atoms with E-state index in [2.05, 4.69) is 9.97 Å². The second kappa shape index (κ2) is 9.26. The molecule has 11 heteroatoms. The maximum Gasteiger partial charge on any atom is 0.275 e. The van der Waals surface area contributed by atoms with Crippen LogP contribution in [0.15, 0.2) is 36.8 Å². The number of fused-ring (bicyclic) bond motifs is 1. The van der Waals surface area contributed by atoms with E-state index in [9.17, 15) is 20.3 Å². The Labute approximate surface area is 196 Å². The molecular weight excluding hydrogens is 442 g/mol. The number of ether oxygens (including phenoxy) is 2. The Morgan fingerprint density at radius 1 is 1.35 bits per heavy atom. The highest BCUT2D eigenvalue weighted by atomic mass is 16.6. The molecule has 0 radical (unpaired) electrons. The number of nitrogen functional groups attached to an aromatic ring is 1. The zero-order valence-electron chi connectivity index (χ0n) is 19.3. The van der Waals surface area contributed by atoms with Crippen LogP contribution in [0.5, 0.6) is 0 Å². The summed E-state index contributed by atoms with van der Waals surface area (Å²) in [6, 6.07) is 6.55. The minimum Gasteiger partial charge on any atom is -0.394 e. The number of nitro groups is 1. The van der Waals surface area contributed by atoms with Gasteiger partial charge >= 0.3 is 0 Å². The summed E-state index contributed by atoms with van der Waals surface area (Å²) < 4.78 is 13.9. The monoisotopic (exact) mass is 471 g/mol. The van der Waals surface area contributed by atoms with Gasteiger partial charge < -0.3 is 30.0 Å². The van der Waals surface area contributed by atoms with Gasteiger partial charge in [0.05, 0.1) is 41.3 Å². The summed E-state index contributed by atoms with van der Waals surface area (Å²) in [7, 11) is 0. The highest BCUT2D eigenvalue weighted by Gasteiger charge is 2.36. The van der Waals surface area contributed by atoms with Crippen molar-refractivity contribution in [2.45, 2.75) is 58.3 Å². The molecule has 4 N–H and O–H groups in total. The molecule has 4 rings (SSSR count). The topological polar surface area (TPSA) is 159 Å². The minimum atomic E-state index is -0.810. The van der Waals surface area contributed by atoms with Crippen molar-refractivity contribution in [2.24, 2.45) is 5.41 Å². The maximum absolute atomic E-state index is 11.6. The highest BCUT2D eigenvalue weighted by Crippen LogP contribution is 2.41. The number of hydrogen-bond acceptors (Lipinski definition) is 9. The first-order valence-corrected chi connectivity index (χ1v) is 11.0. The van der Waals surface area contributed by atoms with Crippen LogP contribution in [-0.2, 0) is 16.1 Å². The molecule has 1 saturated heterocycles. The quantitative estimate of drug-likeness (QED) is 0.348. The number of aliphatic hydroxyl groups is 2. The molecule has 0 spiro atoms. The molecule has 1 aliphatic heterocycles. The van der Waals surface area contributed by atoms with E-state index in [1.807, 2.05) is 20.8 Å². The molecule has 0 saturated carbocycles. The second-order valence-corrected chi connectivity index (χ2v) is 9.51. The van der Waals surface area contributed by atoms with Gasteiger partial charge in [-0.05, 0) is 11.5 Å². The maximum atomic E-state index is 11.6. The molecule has 1 aromatic carbocycles. The molecule has 0 unspecified atom stereocenters. The van der Waals surface area contributed by atoms with Gasteiger partial charge in [0.25, 0.3) is 5.69 Å². The molecule has 1 fully saturated rings. The summed E-state index contributed by atoms with van der Waals surface area (Å²) in [4.78, 5) is 19.7. The number of nitrogens with zero attached hydrogens (tertiary/aromatic N) is 4. The fourth-order valence-corrected chi connectivity index (χ4v) is 4.42. The van der Waals surface area contributed by atoms with E-state index < -0.39 is 34.9 Å². The smallest absolute Gasteiger partial charge is 0.275 e. The molecule has 4 atom stereocenters. The van der Waals surface area contributed by atoms with E-state index >= 15 is 0 Å². The van der Waals surface area contributed by atoms with Gasteiger partial charge in [0.15, 0.2) is 0 Å². The van der Waals surface area contributed by atoms with Gasteiger partial charge in [-0.1, -0.05) is 32.9 Å². The number of nitrogens with two attached hydrogens (primary N) is 1. The van der Waals surface area contributed by atoms with E-state index in [4.69, 9.17) is 15.2 Å². The lowest BCUT2D eigenvalue weighted by Crippen LogP contribution is -2.24. The first kappa shape index (κ1) is 24.0. The number of nitro benzene ring substituents is 1. The number of benzene rings is 1. The number of anilines is 1. The number of para-hydroxylation sites is 1. The number of aliphatic hydroxyl groups excluding tert-OH is 2. The van der Waals surface area contributed by atoms with E-state index in [1.165, 1.54) is 12.4 Å². The van der Waals surface area contributed by atoms with E-state index in [-0.39, 0.29) is 31.1 Å². The Kier molecular flexibility index (Phi) is 6.54. The Hall–Kier alpha value is -3.12. The predicted molar refractivity (Wildman–Crippen MR) is 124 cm³/mol. The average Bonchev–Trinajstić information content (AvgIpc) is 3.34. The number of rotatable bonds is 7. The third-order valence-electron chi connectivity index (χ3n) is 6.02. The Morgan fingerprint density at radius 3 is 2.74 bits per heavy atom. The van der Waals surface area contributed by atoms with Gasteiger partial charge in [-0.25, -0.2) is 9.97 Å². The van der Waals surface area contributed by atoms with Crippen molar-refractivity contribution in [3.63, 3.8) is 0 Å². The van der Waals surface area contributed by atoms with Crippen LogP contribution in [0.25, 0.3) is 11.0 Å². The lowest BCUT2D eigenvalue weighted by atomic mass is 9.84. The van der Waals surface area contributed by atoms with E-state index in [1.54, 1.807) is 29.0 Å². The summed E-state index contributed by atoms with van der Waals surface area (Å²) in [5.41, 5.74) is 7.42. The number of hydrogen-bond donors (Lipinski definition) is 3. The molecule has 182 valence electrons. The van der Waals surface area contributed by atoms with E-state index in [0.29, 0.717) is 22.2 Å². The summed E-state index contributed by atoms with van der Waals surface area (Å²) in [5, 5.41) is 31.9. The van der Waals surface area contributed by atoms with Crippen LogP contribution in [-0.4, -0.2) is 48.5 Å². The van der Waals surface area contributed by atoms with Gasteiger partial charge in [0, 0.05) is 24.2 Å². The third kappa shape index (κ3) is 4.47. The van der Waals surface area contributed by atoms with Gasteiger partial charge in [-0.2, -0.15) is 0 Å². The van der Waals surface area contributed by atoms with Gasteiger partial charge in [-0.15, -0.1) is 0 Å². The standard InChI is InChI=1S/C23H29N5O6/c1-23(2,3)20(14-6-4-5-7-15(14)28(31)32)33-11-13-9-27(18-8-16(30)17(10-29)34-18)22-19(13)21(24)25-12-26-22/h4-7,9,12,16-18,20,29-30H,8,10-11H2,1-3H3,(H2,24,25,26)/t16-,17-,18-,20-/m1/s1. The van der Waals surface area contributed by atoms with Crippen LogP contribution < -0.4 is 5.73 Å². The average molecular weight is 472 g/mol. The molecule has 3 aromatic rings. The summed E-state index contributed by atoms with van der Waals surface area (Å²) >= 11 is 0. The molecular formula is C23H29N5O6. The lowest BCUT2D eigenvalue weighted by Gasteiger charge is -2.30. The SMILES string of the molecule is CC(C)(C)[C@H](OCc1cn([C@H]2C[C@@H](O)[C@@H](CO)O2)c2ncnc(N)c12)c1ccccc1[N+](=O)[O-]. The molecule has 0 bridgehead atoms. The molecule has 2 aromatic heterocycles. The molecule has 34 heavy (non-hydrogen) atoms. The molecule has 1 aliphatic rings. The van der Waals surface area contributed by atoms with Crippen LogP contribution in [0.2, 0.25) is 0 Å². The minimum absolute atomic E-state index is 0.00362. The largest absolute Gasteiger partial charge is 0.394 e. The van der Waals surface area contributed by atoms with Crippen molar-refractivity contribution in [1.29, 1.82) is 0 Å². The van der Waals surface area contributed by atoms with Gasteiger partial charge in [-0.3, -0.25) is 10.1 Å². The lowest BCUT2D eigenvalue weighted by molar-refractivity contribution is -0.386. The highest BCUT2D eigenvalue weighted by molar-refractivity contribution is 5.89. The van der Waals surface area contributed by atoms with Crippen molar-refractivity contribution < 1.29 is 24.6 Å². The van der Waals surface area contributed by atoms with Crippen LogP contribution in [0.3, 0.4) is 0 Å². The Bertz CT molecular complexity index is 1190. The zero-order valence-corrected chi connectivity index (χ0v) is 19.3. The molecule has 0 aliphatic carbocycles.